The topological polar surface area (TPSA) is 63.2 Å². The quantitative estimate of drug-likeness (QED) is 0.130. The van der Waals surface area contributed by atoms with Crippen molar-refractivity contribution in [1.29, 1.82) is 0 Å². The van der Waals surface area contributed by atoms with E-state index in [1.54, 1.807) is 0 Å². The molecule has 0 bridgehead atoms. The number of alkyl halides is 7. The van der Waals surface area contributed by atoms with Gasteiger partial charge in [0.2, 0.25) is 5.91 Å². The molecular formula is C29H18Cl5F6NO3. The first-order valence-corrected chi connectivity index (χ1v) is 14.6. The highest BCUT2D eigenvalue weighted by atomic mass is 35.5. The van der Waals surface area contributed by atoms with Gasteiger partial charge in [0.15, 0.2) is 11.6 Å². The third kappa shape index (κ3) is 7.15. The summed E-state index contributed by atoms with van der Waals surface area (Å²) in [7, 11) is 0. The van der Waals surface area contributed by atoms with Crippen LogP contribution in [0.2, 0.25) is 5.02 Å². The standard InChI is InChI=1S/C29H18Cl5F6NO3/c30-11-19(32)23(43)10-16-20(35)5-2-13(26(16)37)8-22(42)15-9-14(3-4-18(15)31)41-27(44)25-24(28(25,33)34)12-1-6-21(36)17(7-12)29(38,39)40/h1-7,9,19,24-25H,8,10-11H2,(H,41,44)/t19?,24-,25+/m0/s1. The molecule has 3 atom stereocenters. The molecule has 0 spiro atoms. The molecule has 44 heavy (non-hydrogen) atoms. The predicted octanol–water partition coefficient (Wildman–Crippen LogP) is 8.69. The first kappa shape index (κ1) is 34.4. The van der Waals surface area contributed by atoms with Crippen molar-refractivity contribution < 1.29 is 40.7 Å². The smallest absolute Gasteiger partial charge is 0.326 e. The third-order valence-electron chi connectivity index (χ3n) is 6.98. The predicted molar refractivity (Wildman–Crippen MR) is 156 cm³/mol. The van der Waals surface area contributed by atoms with Crippen LogP contribution >= 0.6 is 58.0 Å². The van der Waals surface area contributed by atoms with Gasteiger partial charge in [-0.2, -0.15) is 13.2 Å². The number of anilines is 1. The van der Waals surface area contributed by atoms with Crippen molar-refractivity contribution in [1.82, 2.24) is 0 Å². The van der Waals surface area contributed by atoms with Gasteiger partial charge in [-0.1, -0.05) is 23.7 Å². The lowest BCUT2D eigenvalue weighted by molar-refractivity contribution is -0.140. The fourth-order valence-electron chi connectivity index (χ4n) is 4.64. The first-order valence-electron chi connectivity index (χ1n) is 12.5. The fraction of sp³-hybridized carbons (Fsp3) is 0.276. The second kappa shape index (κ2) is 13.1. The van der Waals surface area contributed by atoms with Crippen molar-refractivity contribution in [3.8, 4) is 0 Å². The number of hydrogen-bond acceptors (Lipinski definition) is 3. The van der Waals surface area contributed by atoms with Gasteiger partial charge in [-0.15, -0.1) is 46.4 Å². The Morgan fingerprint density at radius 2 is 1.59 bits per heavy atom. The van der Waals surface area contributed by atoms with Crippen molar-refractivity contribution in [3.63, 3.8) is 0 Å². The van der Waals surface area contributed by atoms with Crippen LogP contribution in [0.4, 0.5) is 32.0 Å². The molecule has 0 aromatic heterocycles. The van der Waals surface area contributed by atoms with Crippen molar-refractivity contribution in [2.45, 2.75) is 34.6 Å². The molecule has 1 unspecified atom stereocenters. The van der Waals surface area contributed by atoms with Crippen molar-refractivity contribution in [2.24, 2.45) is 5.92 Å². The maximum atomic E-state index is 15.1. The van der Waals surface area contributed by atoms with Crippen molar-refractivity contribution in [2.75, 3.05) is 11.2 Å². The van der Waals surface area contributed by atoms with E-state index in [1.165, 1.54) is 18.2 Å². The zero-order valence-corrected chi connectivity index (χ0v) is 25.6. The monoisotopic (exact) mass is 717 g/mol. The van der Waals surface area contributed by atoms with Crippen LogP contribution in [-0.4, -0.2) is 33.1 Å². The number of benzene rings is 3. The van der Waals surface area contributed by atoms with E-state index >= 15 is 4.39 Å². The maximum absolute atomic E-state index is 15.1. The summed E-state index contributed by atoms with van der Waals surface area (Å²) in [5.74, 6) is -8.53. The summed E-state index contributed by atoms with van der Waals surface area (Å²) in [6.45, 7) is 0. The highest BCUT2D eigenvalue weighted by Gasteiger charge is 2.67. The molecule has 234 valence electrons. The SMILES string of the molecule is O=C(Cc1ccc(F)c(CC(=O)C(Cl)CCl)c1F)c1cc(NC(=O)[C@H]2[C@H](c3ccc(F)c(C(F)(F)F)c3)C2(Cl)Cl)ccc1Cl. The Hall–Kier alpha value is -2.50. The van der Waals surface area contributed by atoms with Gasteiger partial charge < -0.3 is 5.32 Å². The minimum atomic E-state index is -4.99. The second-order valence-corrected chi connectivity index (χ2v) is 12.6. The normalized spacial score (nSPS) is 18.1. The summed E-state index contributed by atoms with van der Waals surface area (Å²) in [5, 5.41) is 1.23. The van der Waals surface area contributed by atoms with Gasteiger partial charge in [-0.05, 0) is 47.5 Å². The van der Waals surface area contributed by atoms with E-state index in [-0.39, 0.29) is 33.3 Å². The van der Waals surface area contributed by atoms with Crippen LogP contribution in [0.3, 0.4) is 0 Å². The Bertz CT molecular complexity index is 1650. The largest absolute Gasteiger partial charge is 0.419 e. The lowest BCUT2D eigenvalue weighted by atomic mass is 9.97. The molecule has 0 radical (unpaired) electrons. The Morgan fingerprint density at radius 3 is 2.23 bits per heavy atom. The lowest BCUT2D eigenvalue weighted by Crippen LogP contribution is -2.20. The van der Waals surface area contributed by atoms with Crippen LogP contribution in [0, 0.1) is 23.4 Å². The molecule has 0 saturated heterocycles. The molecule has 4 rings (SSSR count). The van der Waals surface area contributed by atoms with Gasteiger partial charge in [-0.3, -0.25) is 14.4 Å². The van der Waals surface area contributed by atoms with Gasteiger partial charge in [0.05, 0.1) is 16.5 Å². The molecule has 15 heteroatoms. The first-order chi connectivity index (χ1) is 20.5. The van der Waals surface area contributed by atoms with Gasteiger partial charge in [-0.25, -0.2) is 13.2 Å². The molecule has 1 aliphatic carbocycles. The summed E-state index contributed by atoms with van der Waals surface area (Å²) in [4.78, 5) is 38.2. The summed E-state index contributed by atoms with van der Waals surface area (Å²) in [6, 6.07) is 7.86. The minimum absolute atomic E-state index is 0.0210. The van der Waals surface area contributed by atoms with Crippen LogP contribution in [0.5, 0.6) is 0 Å². The summed E-state index contributed by atoms with van der Waals surface area (Å²) in [5.41, 5.74) is -2.61. The van der Waals surface area contributed by atoms with Crippen LogP contribution in [0.1, 0.15) is 38.5 Å². The number of carbonyl (C=O) groups excluding carboxylic acids is 3. The van der Waals surface area contributed by atoms with Crippen LogP contribution in [0.15, 0.2) is 48.5 Å². The van der Waals surface area contributed by atoms with Crippen molar-refractivity contribution >= 4 is 81.2 Å². The lowest BCUT2D eigenvalue weighted by Gasteiger charge is -2.12. The average molecular weight is 720 g/mol. The molecule has 3 aromatic rings. The van der Waals surface area contributed by atoms with E-state index in [0.717, 1.165) is 18.2 Å². The number of ketones is 2. The van der Waals surface area contributed by atoms with Crippen molar-refractivity contribution in [3.05, 3.63) is 98.8 Å². The number of nitrogens with one attached hydrogen (secondary N) is 1. The van der Waals surface area contributed by atoms with E-state index in [1.807, 2.05) is 0 Å². The molecular weight excluding hydrogens is 702 g/mol. The van der Waals surface area contributed by atoms with E-state index in [4.69, 9.17) is 58.0 Å². The van der Waals surface area contributed by atoms with Crippen LogP contribution in [-0.2, 0) is 28.6 Å². The Balaban J connectivity index is 1.52. The number of Topliss-reactive ketones (excluding diaryl/α,β-unsaturated/α-hetero) is 2. The Labute approximate surface area is 271 Å². The number of amides is 1. The number of halogens is 11. The Morgan fingerprint density at radius 1 is 0.932 bits per heavy atom. The number of carbonyl (C=O) groups is 3. The molecule has 4 nitrogen and oxygen atoms in total. The minimum Gasteiger partial charge on any atom is -0.326 e. The van der Waals surface area contributed by atoms with E-state index in [0.29, 0.717) is 12.1 Å². The van der Waals surface area contributed by atoms with Crippen LogP contribution in [0.25, 0.3) is 0 Å². The highest BCUT2D eigenvalue weighted by Crippen LogP contribution is 2.65. The fourth-order valence-corrected chi connectivity index (χ4v) is 5.94. The van der Waals surface area contributed by atoms with Gasteiger partial charge in [0, 0.05) is 41.5 Å². The van der Waals surface area contributed by atoms with Gasteiger partial charge in [0.25, 0.3) is 0 Å². The highest BCUT2D eigenvalue weighted by molar-refractivity contribution is 6.53. The van der Waals surface area contributed by atoms with Crippen LogP contribution < -0.4 is 5.32 Å². The summed E-state index contributed by atoms with van der Waals surface area (Å²) >= 11 is 29.9. The number of hydrogen-bond donors (Lipinski definition) is 1. The molecule has 1 aliphatic rings. The zero-order chi connectivity index (χ0) is 32.7. The second-order valence-electron chi connectivity index (χ2n) is 9.91. The Kier molecular flexibility index (Phi) is 10.2. The molecule has 1 fully saturated rings. The third-order valence-corrected chi connectivity index (χ3v) is 9.11. The molecule has 0 heterocycles. The van der Waals surface area contributed by atoms with Gasteiger partial charge >= 0.3 is 6.18 Å². The van der Waals surface area contributed by atoms with Gasteiger partial charge in [0.1, 0.15) is 27.2 Å². The molecule has 1 saturated carbocycles. The van der Waals surface area contributed by atoms with E-state index in [2.05, 4.69) is 5.32 Å². The molecule has 3 aromatic carbocycles. The molecule has 0 aliphatic heterocycles. The summed E-state index contributed by atoms with van der Waals surface area (Å²) < 4.78 is 80.9. The zero-order valence-electron chi connectivity index (χ0n) is 21.9. The molecule has 1 amide bonds. The number of rotatable bonds is 10. The van der Waals surface area contributed by atoms with E-state index < -0.39 is 86.6 Å². The summed E-state index contributed by atoms with van der Waals surface area (Å²) in [6.07, 6.45) is -6.29. The molecule has 1 N–H and O–H groups in total. The average Bonchev–Trinajstić information content (AvgIpc) is 3.54. The maximum Gasteiger partial charge on any atom is 0.419 e. The van der Waals surface area contributed by atoms with E-state index in [9.17, 15) is 36.3 Å².